The van der Waals surface area contributed by atoms with Gasteiger partial charge in [0.05, 0.1) is 17.4 Å². The van der Waals surface area contributed by atoms with Crippen LogP contribution in [0.15, 0.2) is 18.2 Å². The molecule has 0 radical (unpaired) electrons. The van der Waals surface area contributed by atoms with Gasteiger partial charge in [-0.1, -0.05) is 0 Å². The van der Waals surface area contributed by atoms with Crippen LogP contribution in [0.5, 0.6) is 5.75 Å². The Balaban J connectivity index is 1.78. The van der Waals surface area contributed by atoms with Crippen molar-refractivity contribution >= 4 is 5.95 Å². The number of halogens is 3. The van der Waals surface area contributed by atoms with Gasteiger partial charge in [-0.2, -0.15) is 13.2 Å². The first-order valence-electron chi connectivity index (χ1n) is 7.82. The van der Waals surface area contributed by atoms with E-state index < -0.39 is 17.5 Å². The molecule has 6 nitrogen and oxygen atoms in total. The van der Waals surface area contributed by atoms with E-state index in [4.69, 9.17) is 4.74 Å². The molecule has 0 saturated carbocycles. The fourth-order valence-corrected chi connectivity index (χ4v) is 2.65. The molecule has 0 unspecified atom stereocenters. The molecule has 0 amide bonds. The van der Waals surface area contributed by atoms with Gasteiger partial charge in [0.1, 0.15) is 11.4 Å². The number of benzene rings is 1. The van der Waals surface area contributed by atoms with Crippen LogP contribution in [0.3, 0.4) is 0 Å². The number of hydrogen-bond donors (Lipinski definition) is 2. The van der Waals surface area contributed by atoms with Gasteiger partial charge in [-0.05, 0) is 38.0 Å². The number of nitrogens with one attached hydrogen (secondary N) is 1. The minimum Gasteiger partial charge on any atom is -0.507 e. The number of phenolic OH excluding ortho intramolecular Hbond substituents is 1. The van der Waals surface area contributed by atoms with E-state index in [1.165, 1.54) is 0 Å². The molecule has 2 aromatic rings. The van der Waals surface area contributed by atoms with Crippen molar-refractivity contribution in [3.05, 3.63) is 29.5 Å². The van der Waals surface area contributed by atoms with E-state index in [0.717, 1.165) is 31.6 Å². The Morgan fingerprint density at radius 2 is 2.12 bits per heavy atom. The first-order valence-corrected chi connectivity index (χ1v) is 7.82. The molecule has 1 aliphatic rings. The highest BCUT2D eigenvalue weighted by atomic mass is 19.4. The Bertz CT molecular complexity index is 762. The lowest BCUT2D eigenvalue weighted by Gasteiger charge is -2.12. The topological polar surface area (TPSA) is 80.2 Å². The molecule has 1 aliphatic heterocycles. The second kappa shape index (κ2) is 6.83. The maximum Gasteiger partial charge on any atom is 0.416 e. The van der Waals surface area contributed by atoms with Crippen LogP contribution in [0.4, 0.5) is 19.1 Å². The normalized spacial score (nSPS) is 17.7. The predicted molar refractivity (Wildman–Crippen MR) is 84.1 cm³/mol. The van der Waals surface area contributed by atoms with E-state index in [1.807, 2.05) is 0 Å². The Morgan fingerprint density at radius 3 is 2.72 bits per heavy atom. The zero-order chi connectivity index (χ0) is 18.0. The second-order valence-electron chi connectivity index (χ2n) is 5.82. The summed E-state index contributed by atoms with van der Waals surface area (Å²) in [5.74, 6) is -0.211. The van der Waals surface area contributed by atoms with Crippen molar-refractivity contribution in [2.45, 2.75) is 32.0 Å². The molecule has 1 atom stereocenters. The maximum atomic E-state index is 12.7. The van der Waals surface area contributed by atoms with Crippen molar-refractivity contribution < 1.29 is 23.0 Å². The summed E-state index contributed by atoms with van der Waals surface area (Å²) in [6.45, 7) is 2.96. The van der Waals surface area contributed by atoms with Gasteiger partial charge < -0.3 is 15.2 Å². The average Bonchev–Trinajstić information content (AvgIpc) is 3.06. The third-order valence-corrected chi connectivity index (χ3v) is 3.95. The molecule has 0 spiro atoms. The van der Waals surface area contributed by atoms with E-state index in [9.17, 15) is 18.3 Å². The Labute approximate surface area is 142 Å². The smallest absolute Gasteiger partial charge is 0.416 e. The van der Waals surface area contributed by atoms with E-state index in [-0.39, 0.29) is 17.4 Å². The lowest BCUT2D eigenvalue weighted by molar-refractivity contribution is -0.137. The number of phenols is 1. The summed E-state index contributed by atoms with van der Waals surface area (Å²) in [7, 11) is 0. The number of hydrogen-bond acceptors (Lipinski definition) is 6. The van der Waals surface area contributed by atoms with Crippen LogP contribution < -0.4 is 5.32 Å². The average molecular weight is 354 g/mol. The molecule has 134 valence electrons. The molecule has 1 saturated heterocycles. The summed E-state index contributed by atoms with van der Waals surface area (Å²) in [5.41, 5.74) is -0.105. The summed E-state index contributed by atoms with van der Waals surface area (Å²) >= 11 is 0. The molecular formula is C16H17F3N4O2. The quantitative estimate of drug-likeness (QED) is 0.878. The van der Waals surface area contributed by atoms with Gasteiger partial charge in [0.25, 0.3) is 0 Å². The van der Waals surface area contributed by atoms with E-state index in [0.29, 0.717) is 24.3 Å². The van der Waals surface area contributed by atoms with Crippen molar-refractivity contribution in [1.82, 2.24) is 15.2 Å². The number of rotatable bonds is 4. The lowest BCUT2D eigenvalue weighted by atomic mass is 10.1. The summed E-state index contributed by atoms with van der Waals surface area (Å²) < 4.78 is 43.5. The number of aryl methyl sites for hydroxylation is 1. The zero-order valence-corrected chi connectivity index (χ0v) is 13.5. The zero-order valence-electron chi connectivity index (χ0n) is 13.5. The summed E-state index contributed by atoms with van der Waals surface area (Å²) in [6, 6.07) is 2.72. The van der Waals surface area contributed by atoms with Crippen molar-refractivity contribution in [2.75, 3.05) is 18.5 Å². The molecule has 0 bridgehead atoms. The molecule has 2 heterocycles. The van der Waals surface area contributed by atoms with Crippen LogP contribution in [0.2, 0.25) is 0 Å². The summed E-state index contributed by atoms with van der Waals surface area (Å²) in [4.78, 5) is 4.25. The van der Waals surface area contributed by atoms with Gasteiger partial charge >= 0.3 is 6.18 Å². The van der Waals surface area contributed by atoms with Gasteiger partial charge in [-0.15, -0.1) is 10.2 Å². The first kappa shape index (κ1) is 17.4. The van der Waals surface area contributed by atoms with Gasteiger partial charge in [0, 0.05) is 18.7 Å². The van der Waals surface area contributed by atoms with Crippen molar-refractivity contribution in [1.29, 1.82) is 0 Å². The fourth-order valence-electron chi connectivity index (χ4n) is 2.65. The molecule has 1 fully saturated rings. The first-order chi connectivity index (χ1) is 11.8. The third-order valence-electron chi connectivity index (χ3n) is 3.95. The van der Waals surface area contributed by atoms with Crippen LogP contribution in [0, 0.1) is 6.92 Å². The molecule has 25 heavy (non-hydrogen) atoms. The number of aromatic nitrogens is 3. The van der Waals surface area contributed by atoms with Crippen LogP contribution in [-0.4, -0.2) is 39.5 Å². The van der Waals surface area contributed by atoms with E-state index >= 15 is 0 Å². The van der Waals surface area contributed by atoms with E-state index in [2.05, 4.69) is 20.5 Å². The third kappa shape index (κ3) is 3.98. The number of aromatic hydroxyl groups is 1. The van der Waals surface area contributed by atoms with Crippen molar-refractivity contribution in [3.63, 3.8) is 0 Å². The standard InChI is InChI=1S/C16H17F3N4O2/c1-9-14(12-5-4-10(7-13(12)24)16(17,18)19)22-23-15(21-9)20-8-11-3-2-6-25-11/h4-5,7,11,24H,2-3,6,8H2,1H3,(H,20,21,23)/t11-/m0/s1. The van der Waals surface area contributed by atoms with Crippen LogP contribution in [0.25, 0.3) is 11.3 Å². The Kier molecular flexibility index (Phi) is 4.76. The fraction of sp³-hybridized carbons (Fsp3) is 0.438. The SMILES string of the molecule is Cc1nc(NC[C@@H]2CCCO2)nnc1-c1ccc(C(F)(F)F)cc1O. The van der Waals surface area contributed by atoms with Crippen molar-refractivity contribution in [2.24, 2.45) is 0 Å². The number of alkyl halides is 3. The number of ether oxygens (including phenoxy) is 1. The molecule has 1 aromatic heterocycles. The van der Waals surface area contributed by atoms with Crippen LogP contribution in [0.1, 0.15) is 24.1 Å². The van der Waals surface area contributed by atoms with Crippen LogP contribution in [-0.2, 0) is 10.9 Å². The van der Waals surface area contributed by atoms with Gasteiger partial charge in [0.2, 0.25) is 5.95 Å². The van der Waals surface area contributed by atoms with Gasteiger partial charge in [0.15, 0.2) is 0 Å². The Hall–Kier alpha value is -2.42. The highest BCUT2D eigenvalue weighted by Gasteiger charge is 2.31. The lowest BCUT2D eigenvalue weighted by Crippen LogP contribution is -2.20. The van der Waals surface area contributed by atoms with Gasteiger partial charge in [-0.25, -0.2) is 4.98 Å². The number of nitrogens with zero attached hydrogens (tertiary/aromatic N) is 3. The largest absolute Gasteiger partial charge is 0.507 e. The highest BCUT2D eigenvalue weighted by molar-refractivity contribution is 5.69. The number of anilines is 1. The van der Waals surface area contributed by atoms with Crippen LogP contribution >= 0.6 is 0 Å². The molecule has 3 rings (SSSR count). The highest BCUT2D eigenvalue weighted by Crippen LogP contribution is 2.36. The molecular weight excluding hydrogens is 337 g/mol. The molecule has 2 N–H and O–H groups in total. The minimum absolute atomic E-state index is 0.113. The van der Waals surface area contributed by atoms with E-state index in [1.54, 1.807) is 6.92 Å². The van der Waals surface area contributed by atoms with Crippen molar-refractivity contribution in [3.8, 4) is 17.0 Å². The van der Waals surface area contributed by atoms with Gasteiger partial charge in [-0.3, -0.25) is 0 Å². The summed E-state index contributed by atoms with van der Waals surface area (Å²) in [5, 5.41) is 20.9. The molecule has 9 heteroatoms. The minimum atomic E-state index is -4.52. The monoisotopic (exact) mass is 354 g/mol. The molecule has 1 aromatic carbocycles. The molecule has 0 aliphatic carbocycles. The predicted octanol–water partition coefficient (Wildman–Crippen LogP) is 3.16. The Morgan fingerprint density at radius 1 is 1.32 bits per heavy atom. The summed E-state index contributed by atoms with van der Waals surface area (Å²) in [6.07, 6.45) is -2.42. The second-order valence-corrected chi connectivity index (χ2v) is 5.82. The maximum absolute atomic E-state index is 12.7.